The largest absolute Gasteiger partial charge is 0.469 e. The standard InChI is InChI=1S/C18H17NO3/c1-12-5-3-4-6-14(12)11-17-19-15-8-7-13(9-16(15)22-17)10-18(20)21-2/h3-9H,10-11H2,1-2H3. The van der Waals surface area contributed by atoms with Gasteiger partial charge in [-0.15, -0.1) is 0 Å². The number of hydrogen-bond donors (Lipinski definition) is 0. The summed E-state index contributed by atoms with van der Waals surface area (Å²) in [6.07, 6.45) is 0.897. The van der Waals surface area contributed by atoms with E-state index in [2.05, 4.69) is 28.8 Å². The van der Waals surface area contributed by atoms with Gasteiger partial charge in [-0.3, -0.25) is 4.79 Å². The lowest BCUT2D eigenvalue weighted by molar-refractivity contribution is -0.139. The molecule has 0 radical (unpaired) electrons. The molecule has 0 saturated heterocycles. The van der Waals surface area contributed by atoms with Crippen LogP contribution in [0.5, 0.6) is 0 Å². The number of aryl methyl sites for hydroxylation is 1. The Hall–Kier alpha value is -2.62. The van der Waals surface area contributed by atoms with Crippen LogP contribution in [0.25, 0.3) is 11.1 Å². The fraction of sp³-hybridized carbons (Fsp3) is 0.222. The van der Waals surface area contributed by atoms with Crippen LogP contribution in [-0.4, -0.2) is 18.1 Å². The maximum Gasteiger partial charge on any atom is 0.309 e. The zero-order valence-electron chi connectivity index (χ0n) is 12.6. The number of oxazole rings is 1. The van der Waals surface area contributed by atoms with E-state index in [-0.39, 0.29) is 12.4 Å². The van der Waals surface area contributed by atoms with Gasteiger partial charge >= 0.3 is 5.97 Å². The molecule has 0 bridgehead atoms. The summed E-state index contributed by atoms with van der Waals surface area (Å²) in [5, 5.41) is 0. The number of aromatic nitrogens is 1. The van der Waals surface area contributed by atoms with E-state index in [1.165, 1.54) is 18.2 Å². The van der Waals surface area contributed by atoms with Crippen LogP contribution < -0.4 is 0 Å². The van der Waals surface area contributed by atoms with E-state index in [1.807, 2.05) is 30.3 Å². The molecule has 0 saturated carbocycles. The third-order valence-electron chi connectivity index (χ3n) is 3.68. The van der Waals surface area contributed by atoms with Crippen molar-refractivity contribution in [2.24, 2.45) is 0 Å². The molecule has 3 rings (SSSR count). The van der Waals surface area contributed by atoms with Gasteiger partial charge in [-0.1, -0.05) is 30.3 Å². The SMILES string of the molecule is COC(=O)Cc1ccc2nc(Cc3ccccc3C)oc2c1. The summed E-state index contributed by atoms with van der Waals surface area (Å²) in [6.45, 7) is 2.08. The number of rotatable bonds is 4. The minimum absolute atomic E-state index is 0.236. The average Bonchev–Trinajstić information content (AvgIpc) is 2.91. The molecule has 0 unspecified atom stereocenters. The first-order chi connectivity index (χ1) is 10.7. The number of methoxy groups -OCH3 is 1. The second-order valence-electron chi connectivity index (χ2n) is 5.27. The Balaban J connectivity index is 1.86. The van der Waals surface area contributed by atoms with E-state index in [1.54, 1.807) is 0 Å². The lowest BCUT2D eigenvalue weighted by Crippen LogP contribution is -2.03. The molecule has 0 aliphatic heterocycles. The predicted molar refractivity (Wildman–Crippen MR) is 83.7 cm³/mol. The quantitative estimate of drug-likeness (QED) is 0.692. The monoisotopic (exact) mass is 295 g/mol. The molecule has 1 heterocycles. The number of carbonyl (C=O) groups is 1. The fourth-order valence-electron chi connectivity index (χ4n) is 2.41. The molecular formula is C18H17NO3. The molecule has 0 aliphatic carbocycles. The zero-order chi connectivity index (χ0) is 15.5. The van der Waals surface area contributed by atoms with Gasteiger partial charge in [0.25, 0.3) is 0 Å². The van der Waals surface area contributed by atoms with E-state index in [0.29, 0.717) is 17.9 Å². The van der Waals surface area contributed by atoms with Gasteiger partial charge in [-0.05, 0) is 35.7 Å². The van der Waals surface area contributed by atoms with Crippen molar-refractivity contribution in [1.29, 1.82) is 0 Å². The third-order valence-corrected chi connectivity index (χ3v) is 3.68. The number of ether oxygens (including phenoxy) is 1. The highest BCUT2D eigenvalue weighted by Gasteiger charge is 2.10. The van der Waals surface area contributed by atoms with Gasteiger partial charge in [0.05, 0.1) is 13.5 Å². The van der Waals surface area contributed by atoms with E-state index in [0.717, 1.165) is 11.1 Å². The highest BCUT2D eigenvalue weighted by Crippen LogP contribution is 2.21. The Morgan fingerprint density at radius 1 is 1.23 bits per heavy atom. The van der Waals surface area contributed by atoms with Crippen molar-refractivity contribution in [3.05, 3.63) is 65.0 Å². The molecule has 0 atom stereocenters. The minimum atomic E-state index is -0.265. The van der Waals surface area contributed by atoms with Gasteiger partial charge in [0.2, 0.25) is 0 Å². The summed E-state index contributed by atoms with van der Waals surface area (Å²) < 4.78 is 10.5. The molecule has 0 amide bonds. The first-order valence-corrected chi connectivity index (χ1v) is 7.15. The van der Waals surface area contributed by atoms with Crippen LogP contribution in [-0.2, 0) is 22.4 Å². The van der Waals surface area contributed by atoms with E-state index >= 15 is 0 Å². The Morgan fingerprint density at radius 2 is 2.05 bits per heavy atom. The molecule has 0 spiro atoms. The molecule has 3 aromatic rings. The summed E-state index contributed by atoms with van der Waals surface area (Å²) >= 11 is 0. The van der Waals surface area contributed by atoms with Crippen molar-refractivity contribution in [3.63, 3.8) is 0 Å². The molecule has 0 fully saturated rings. The Morgan fingerprint density at radius 3 is 2.82 bits per heavy atom. The van der Waals surface area contributed by atoms with Crippen molar-refractivity contribution < 1.29 is 13.9 Å². The van der Waals surface area contributed by atoms with Gasteiger partial charge in [0.1, 0.15) is 5.52 Å². The number of carbonyl (C=O) groups excluding carboxylic acids is 1. The predicted octanol–water partition coefficient (Wildman–Crippen LogP) is 3.44. The minimum Gasteiger partial charge on any atom is -0.469 e. The molecule has 1 aromatic heterocycles. The molecule has 0 N–H and O–H groups in total. The second-order valence-corrected chi connectivity index (χ2v) is 5.27. The Kier molecular flexibility index (Phi) is 3.92. The maximum absolute atomic E-state index is 11.3. The van der Waals surface area contributed by atoms with Gasteiger partial charge in [-0.2, -0.15) is 0 Å². The van der Waals surface area contributed by atoms with E-state index in [9.17, 15) is 4.79 Å². The van der Waals surface area contributed by atoms with Gasteiger partial charge in [0, 0.05) is 6.42 Å². The highest BCUT2D eigenvalue weighted by atomic mass is 16.5. The van der Waals surface area contributed by atoms with Crippen molar-refractivity contribution in [2.45, 2.75) is 19.8 Å². The number of hydrogen-bond acceptors (Lipinski definition) is 4. The van der Waals surface area contributed by atoms with Crippen LogP contribution >= 0.6 is 0 Å². The number of esters is 1. The van der Waals surface area contributed by atoms with Crippen LogP contribution in [0.15, 0.2) is 46.9 Å². The molecule has 4 heteroatoms. The second kappa shape index (κ2) is 6.02. The van der Waals surface area contributed by atoms with Crippen molar-refractivity contribution >= 4 is 17.1 Å². The fourth-order valence-corrected chi connectivity index (χ4v) is 2.41. The molecule has 22 heavy (non-hydrogen) atoms. The molecule has 4 nitrogen and oxygen atoms in total. The van der Waals surface area contributed by atoms with Crippen LogP contribution in [0.4, 0.5) is 0 Å². The Bertz CT molecular complexity index is 820. The van der Waals surface area contributed by atoms with Crippen molar-refractivity contribution in [1.82, 2.24) is 4.98 Å². The third kappa shape index (κ3) is 3.01. The van der Waals surface area contributed by atoms with Gasteiger partial charge < -0.3 is 9.15 Å². The number of benzene rings is 2. The molecule has 2 aromatic carbocycles. The molecule has 0 aliphatic rings. The van der Waals surface area contributed by atoms with Crippen molar-refractivity contribution in [2.75, 3.05) is 7.11 Å². The normalized spacial score (nSPS) is 10.8. The van der Waals surface area contributed by atoms with Gasteiger partial charge in [0.15, 0.2) is 11.5 Å². The summed E-state index contributed by atoms with van der Waals surface area (Å²) in [5.74, 6) is 0.415. The van der Waals surface area contributed by atoms with Crippen molar-refractivity contribution in [3.8, 4) is 0 Å². The number of nitrogens with zero attached hydrogens (tertiary/aromatic N) is 1. The van der Waals surface area contributed by atoms with Crippen LogP contribution in [0.3, 0.4) is 0 Å². The van der Waals surface area contributed by atoms with Gasteiger partial charge in [-0.25, -0.2) is 4.98 Å². The summed E-state index contributed by atoms with van der Waals surface area (Å²) in [7, 11) is 1.38. The molecular weight excluding hydrogens is 278 g/mol. The lowest BCUT2D eigenvalue weighted by atomic mass is 10.1. The maximum atomic E-state index is 11.3. The highest BCUT2D eigenvalue weighted by molar-refractivity contribution is 5.77. The lowest BCUT2D eigenvalue weighted by Gasteiger charge is -2.01. The number of fused-ring (bicyclic) bond motifs is 1. The zero-order valence-corrected chi connectivity index (χ0v) is 12.6. The summed E-state index contributed by atoms with van der Waals surface area (Å²) in [6, 6.07) is 13.8. The smallest absolute Gasteiger partial charge is 0.309 e. The average molecular weight is 295 g/mol. The first-order valence-electron chi connectivity index (χ1n) is 7.15. The van der Waals surface area contributed by atoms with E-state index in [4.69, 9.17) is 4.42 Å². The van der Waals surface area contributed by atoms with Crippen LogP contribution in [0.1, 0.15) is 22.6 Å². The van der Waals surface area contributed by atoms with E-state index < -0.39 is 0 Å². The topological polar surface area (TPSA) is 52.3 Å². The molecule has 112 valence electrons. The summed E-state index contributed by atoms with van der Waals surface area (Å²) in [4.78, 5) is 15.8. The van der Waals surface area contributed by atoms with Crippen LogP contribution in [0, 0.1) is 6.92 Å². The first kappa shape index (κ1) is 14.3. The Labute approximate surface area is 128 Å². The van der Waals surface area contributed by atoms with Crippen LogP contribution in [0.2, 0.25) is 0 Å². The summed E-state index contributed by atoms with van der Waals surface area (Å²) in [5.41, 5.74) is 4.78.